The second kappa shape index (κ2) is 6.17. The van der Waals surface area contributed by atoms with Crippen LogP contribution < -0.4 is 5.32 Å². The topological polar surface area (TPSA) is 21.3 Å². The van der Waals surface area contributed by atoms with Crippen LogP contribution in [-0.2, 0) is 4.74 Å². The fourth-order valence-corrected chi connectivity index (χ4v) is 1.78. The summed E-state index contributed by atoms with van der Waals surface area (Å²) in [5, 5.41) is 3.13. The molecule has 2 nitrogen and oxygen atoms in total. The number of ether oxygens (including phenoxy) is 1. The van der Waals surface area contributed by atoms with Crippen LogP contribution in [0.5, 0.6) is 0 Å². The van der Waals surface area contributed by atoms with Gasteiger partial charge in [-0.15, -0.1) is 0 Å². The van der Waals surface area contributed by atoms with E-state index in [2.05, 4.69) is 33.4 Å². The van der Waals surface area contributed by atoms with Crippen LogP contribution in [0.4, 0.5) is 0 Å². The lowest BCUT2D eigenvalue weighted by atomic mass is 10.1. The third-order valence-electron chi connectivity index (χ3n) is 1.98. The average molecular weight is 258 g/mol. The summed E-state index contributed by atoms with van der Waals surface area (Å²) < 4.78 is 6.73. The van der Waals surface area contributed by atoms with Gasteiger partial charge in [0.05, 0.1) is 6.10 Å². The van der Waals surface area contributed by atoms with Gasteiger partial charge >= 0.3 is 0 Å². The maximum atomic E-state index is 5.64. The van der Waals surface area contributed by atoms with Crippen molar-refractivity contribution in [1.82, 2.24) is 5.32 Å². The Morgan fingerprint density at radius 1 is 1.50 bits per heavy atom. The van der Waals surface area contributed by atoms with E-state index in [1.165, 1.54) is 5.56 Å². The minimum absolute atomic E-state index is 0.141. The molecule has 0 saturated heterocycles. The largest absolute Gasteiger partial charge is 0.372 e. The normalized spacial score (nSPS) is 12.8. The number of hydrogen-bond donors (Lipinski definition) is 1. The maximum absolute atomic E-state index is 5.64. The second-order valence-electron chi connectivity index (χ2n) is 3.06. The summed E-state index contributed by atoms with van der Waals surface area (Å²) in [6.07, 6.45) is 0.141. The van der Waals surface area contributed by atoms with E-state index in [0.29, 0.717) is 0 Å². The molecule has 0 aliphatic rings. The van der Waals surface area contributed by atoms with Gasteiger partial charge in [-0.1, -0.05) is 28.1 Å². The van der Waals surface area contributed by atoms with Gasteiger partial charge in [-0.3, -0.25) is 0 Å². The van der Waals surface area contributed by atoms with E-state index < -0.39 is 0 Å². The van der Waals surface area contributed by atoms with Crippen LogP contribution in [0.1, 0.15) is 18.6 Å². The van der Waals surface area contributed by atoms with Gasteiger partial charge in [0, 0.05) is 17.6 Å². The van der Waals surface area contributed by atoms with Crippen molar-refractivity contribution in [2.75, 3.05) is 20.2 Å². The highest BCUT2D eigenvalue weighted by atomic mass is 79.9. The molecular formula is C11H16BrNO. The van der Waals surface area contributed by atoms with Gasteiger partial charge in [-0.25, -0.2) is 0 Å². The molecule has 78 valence electrons. The highest BCUT2D eigenvalue weighted by Crippen LogP contribution is 2.20. The van der Waals surface area contributed by atoms with Crippen molar-refractivity contribution >= 4 is 15.9 Å². The number of halogens is 1. The van der Waals surface area contributed by atoms with Gasteiger partial charge in [0.15, 0.2) is 0 Å². The Kier molecular flexibility index (Phi) is 5.15. The van der Waals surface area contributed by atoms with E-state index in [1.54, 1.807) is 0 Å². The summed E-state index contributed by atoms with van der Waals surface area (Å²) in [7, 11) is 1.93. The van der Waals surface area contributed by atoms with Crippen LogP contribution in [0.2, 0.25) is 0 Å². The summed E-state index contributed by atoms with van der Waals surface area (Å²) >= 11 is 3.46. The summed E-state index contributed by atoms with van der Waals surface area (Å²) in [4.78, 5) is 0. The highest BCUT2D eigenvalue weighted by Gasteiger charge is 2.09. The molecule has 1 aromatic rings. The molecule has 1 aromatic carbocycles. The van der Waals surface area contributed by atoms with Crippen molar-refractivity contribution in [1.29, 1.82) is 0 Å². The molecule has 0 aliphatic carbocycles. The van der Waals surface area contributed by atoms with Gasteiger partial charge in [0.25, 0.3) is 0 Å². The molecule has 1 atom stereocenters. The third kappa shape index (κ3) is 3.40. The van der Waals surface area contributed by atoms with Gasteiger partial charge in [-0.2, -0.15) is 0 Å². The van der Waals surface area contributed by atoms with Crippen LogP contribution in [0.25, 0.3) is 0 Å². The first-order valence-electron chi connectivity index (χ1n) is 4.79. The Morgan fingerprint density at radius 2 is 2.29 bits per heavy atom. The van der Waals surface area contributed by atoms with Crippen LogP contribution in [0, 0.1) is 0 Å². The molecule has 1 N–H and O–H groups in total. The Labute approximate surface area is 93.8 Å². The Hall–Kier alpha value is -0.380. The third-order valence-corrected chi connectivity index (χ3v) is 2.47. The van der Waals surface area contributed by atoms with Crippen molar-refractivity contribution in [2.45, 2.75) is 13.0 Å². The molecule has 0 unspecified atom stereocenters. The molecular weight excluding hydrogens is 242 g/mol. The van der Waals surface area contributed by atoms with E-state index in [1.807, 2.05) is 26.1 Å². The van der Waals surface area contributed by atoms with E-state index in [0.717, 1.165) is 17.6 Å². The van der Waals surface area contributed by atoms with Gasteiger partial charge < -0.3 is 10.1 Å². The molecule has 0 aliphatic heterocycles. The number of nitrogens with one attached hydrogen (secondary N) is 1. The lowest BCUT2D eigenvalue weighted by Crippen LogP contribution is -2.19. The average Bonchev–Trinajstić information content (AvgIpc) is 2.17. The zero-order valence-corrected chi connectivity index (χ0v) is 10.2. The van der Waals surface area contributed by atoms with Crippen LogP contribution >= 0.6 is 15.9 Å². The number of hydrogen-bond acceptors (Lipinski definition) is 2. The zero-order chi connectivity index (χ0) is 10.4. The smallest absolute Gasteiger partial charge is 0.0949 e. The highest BCUT2D eigenvalue weighted by molar-refractivity contribution is 9.10. The zero-order valence-electron chi connectivity index (χ0n) is 8.59. The first-order valence-corrected chi connectivity index (χ1v) is 5.59. The fraction of sp³-hybridized carbons (Fsp3) is 0.455. The van der Waals surface area contributed by atoms with Crippen LogP contribution in [0.15, 0.2) is 28.7 Å². The lowest BCUT2D eigenvalue weighted by Gasteiger charge is -2.17. The van der Waals surface area contributed by atoms with Gasteiger partial charge in [-0.05, 0) is 31.7 Å². The van der Waals surface area contributed by atoms with Crippen molar-refractivity contribution in [3.05, 3.63) is 34.3 Å². The summed E-state index contributed by atoms with van der Waals surface area (Å²) in [5.41, 5.74) is 1.20. The molecule has 0 saturated carbocycles. The lowest BCUT2D eigenvalue weighted by molar-refractivity contribution is 0.0637. The van der Waals surface area contributed by atoms with Crippen molar-refractivity contribution in [2.24, 2.45) is 0 Å². The molecule has 3 heteroatoms. The molecule has 0 radical (unpaired) electrons. The minimum Gasteiger partial charge on any atom is -0.372 e. The summed E-state index contributed by atoms with van der Waals surface area (Å²) in [5.74, 6) is 0. The summed E-state index contributed by atoms with van der Waals surface area (Å²) in [6, 6.07) is 8.23. The molecule has 1 rings (SSSR count). The van der Waals surface area contributed by atoms with E-state index >= 15 is 0 Å². The first-order chi connectivity index (χ1) is 6.77. The Bertz CT molecular complexity index is 272. The predicted octanol–water partition coefficient (Wildman–Crippen LogP) is 2.75. The van der Waals surface area contributed by atoms with E-state index in [-0.39, 0.29) is 6.10 Å². The van der Waals surface area contributed by atoms with E-state index in [4.69, 9.17) is 4.74 Å². The first kappa shape index (κ1) is 11.7. The molecule has 0 fully saturated rings. The molecule has 0 aromatic heterocycles. The standard InChI is InChI=1S/C11H16BrNO/c1-3-14-11(8-13-2)9-5-4-6-10(12)7-9/h4-7,11,13H,3,8H2,1-2H3/t11-/m1/s1. The van der Waals surface area contributed by atoms with Crippen molar-refractivity contribution in [3.63, 3.8) is 0 Å². The molecule has 0 heterocycles. The Balaban J connectivity index is 2.75. The van der Waals surface area contributed by atoms with Crippen LogP contribution in [-0.4, -0.2) is 20.2 Å². The minimum atomic E-state index is 0.141. The summed E-state index contributed by atoms with van der Waals surface area (Å²) in [6.45, 7) is 3.59. The van der Waals surface area contributed by atoms with Gasteiger partial charge in [0.2, 0.25) is 0 Å². The monoisotopic (exact) mass is 257 g/mol. The van der Waals surface area contributed by atoms with Gasteiger partial charge in [0.1, 0.15) is 0 Å². The number of likely N-dealkylation sites (N-methyl/N-ethyl adjacent to an activating group) is 1. The molecule has 0 bridgehead atoms. The quantitative estimate of drug-likeness (QED) is 0.876. The fourth-order valence-electron chi connectivity index (χ4n) is 1.37. The maximum Gasteiger partial charge on any atom is 0.0949 e. The van der Waals surface area contributed by atoms with Crippen LogP contribution in [0.3, 0.4) is 0 Å². The Morgan fingerprint density at radius 3 is 2.86 bits per heavy atom. The molecule has 0 spiro atoms. The molecule has 0 amide bonds. The predicted molar refractivity (Wildman–Crippen MR) is 62.4 cm³/mol. The van der Waals surface area contributed by atoms with Crippen molar-refractivity contribution in [3.8, 4) is 0 Å². The van der Waals surface area contributed by atoms with Crippen molar-refractivity contribution < 1.29 is 4.74 Å². The SMILES string of the molecule is CCO[C@H](CNC)c1cccc(Br)c1. The number of benzene rings is 1. The van der Waals surface area contributed by atoms with E-state index in [9.17, 15) is 0 Å². The molecule has 14 heavy (non-hydrogen) atoms. The number of rotatable bonds is 5. The second-order valence-corrected chi connectivity index (χ2v) is 3.97.